The summed E-state index contributed by atoms with van der Waals surface area (Å²) >= 11 is 1.61. The minimum atomic E-state index is -3.00. The minimum Gasteiger partial charge on any atom is -0.348 e. The molecular formula is C15H24N4O3S2. The lowest BCUT2D eigenvalue weighted by molar-refractivity contribution is 0.183. The number of hydrogen-bond donors (Lipinski definition) is 1. The molecule has 2 amide bonds. The number of rotatable bonds is 5. The fourth-order valence-corrected chi connectivity index (χ4v) is 5.90. The van der Waals surface area contributed by atoms with Crippen LogP contribution in [0.5, 0.6) is 0 Å². The summed E-state index contributed by atoms with van der Waals surface area (Å²) in [5.41, 5.74) is 0.852. The summed E-state index contributed by atoms with van der Waals surface area (Å²) in [5.74, 6) is 0.247. The fraction of sp³-hybridized carbons (Fsp3) is 0.733. The van der Waals surface area contributed by atoms with Gasteiger partial charge in [-0.2, -0.15) is 0 Å². The van der Waals surface area contributed by atoms with E-state index in [1.807, 2.05) is 12.3 Å². The third-order valence-corrected chi connectivity index (χ3v) is 7.29. The van der Waals surface area contributed by atoms with E-state index in [1.54, 1.807) is 16.2 Å². The lowest BCUT2D eigenvalue weighted by Crippen LogP contribution is -2.46. The van der Waals surface area contributed by atoms with Gasteiger partial charge in [0.05, 0.1) is 23.7 Å². The molecule has 2 aliphatic heterocycles. The summed E-state index contributed by atoms with van der Waals surface area (Å²) in [5, 5.41) is 5.87. The van der Waals surface area contributed by atoms with Gasteiger partial charge >= 0.3 is 6.03 Å². The Bertz CT molecular complexity index is 683. The van der Waals surface area contributed by atoms with E-state index >= 15 is 0 Å². The van der Waals surface area contributed by atoms with Crippen molar-refractivity contribution >= 4 is 32.3 Å². The van der Waals surface area contributed by atoms with Crippen LogP contribution in [0.15, 0.2) is 5.38 Å². The highest BCUT2D eigenvalue weighted by Gasteiger charge is 2.33. The Labute approximate surface area is 147 Å². The third-order valence-electron chi connectivity index (χ3n) is 4.59. The van der Waals surface area contributed by atoms with Crippen LogP contribution >= 0.6 is 11.3 Å². The Balaban J connectivity index is 1.54. The first kappa shape index (κ1) is 17.5. The predicted molar refractivity (Wildman–Crippen MR) is 95.2 cm³/mol. The summed E-state index contributed by atoms with van der Waals surface area (Å²) in [6, 6.07) is -0.425. The Morgan fingerprint density at radius 3 is 2.83 bits per heavy atom. The largest absolute Gasteiger partial charge is 0.348 e. The smallest absolute Gasteiger partial charge is 0.317 e. The zero-order valence-electron chi connectivity index (χ0n) is 13.9. The molecule has 0 aliphatic carbocycles. The first-order valence-corrected chi connectivity index (χ1v) is 11.1. The van der Waals surface area contributed by atoms with E-state index in [-0.39, 0.29) is 23.6 Å². The number of thiazole rings is 1. The Morgan fingerprint density at radius 1 is 1.46 bits per heavy atom. The molecule has 2 aliphatic rings. The van der Waals surface area contributed by atoms with Crippen LogP contribution in [0.1, 0.15) is 31.9 Å². The molecule has 2 saturated heterocycles. The quantitative estimate of drug-likeness (QED) is 0.846. The standard InChI is InChI=1S/C15H24N4O3S2/c1-2-19(13-5-8-24(21,22)11-13)14(20)16-9-12-10-23-15(17-12)18-6-3-4-7-18/h10,13H,2-9,11H2,1H3,(H,16,20)/t13-/m0/s1. The van der Waals surface area contributed by atoms with Gasteiger partial charge in [0.1, 0.15) is 0 Å². The molecule has 2 fully saturated rings. The van der Waals surface area contributed by atoms with Crippen LogP contribution in [-0.4, -0.2) is 61.5 Å². The van der Waals surface area contributed by atoms with Gasteiger partial charge in [-0.1, -0.05) is 0 Å². The second-order valence-electron chi connectivity index (χ2n) is 6.32. The third kappa shape index (κ3) is 4.00. The molecule has 0 bridgehead atoms. The molecule has 1 aromatic heterocycles. The maximum absolute atomic E-state index is 12.4. The summed E-state index contributed by atoms with van der Waals surface area (Å²) in [7, 11) is -3.00. The van der Waals surface area contributed by atoms with Crippen LogP contribution < -0.4 is 10.2 Å². The monoisotopic (exact) mass is 372 g/mol. The molecule has 0 radical (unpaired) electrons. The highest BCUT2D eigenvalue weighted by Crippen LogP contribution is 2.24. The van der Waals surface area contributed by atoms with Crippen LogP contribution in [0, 0.1) is 0 Å². The maximum Gasteiger partial charge on any atom is 0.317 e. The van der Waals surface area contributed by atoms with Crippen molar-refractivity contribution in [3.05, 3.63) is 11.1 Å². The van der Waals surface area contributed by atoms with Crippen LogP contribution in [-0.2, 0) is 16.4 Å². The highest BCUT2D eigenvalue weighted by molar-refractivity contribution is 7.91. The van der Waals surface area contributed by atoms with Gasteiger partial charge in [0, 0.05) is 31.1 Å². The average Bonchev–Trinajstić information content (AvgIpc) is 3.26. The first-order valence-electron chi connectivity index (χ1n) is 8.43. The van der Waals surface area contributed by atoms with Crippen molar-refractivity contribution in [1.29, 1.82) is 0 Å². The Kier molecular flexibility index (Phi) is 5.29. The first-order chi connectivity index (χ1) is 11.5. The van der Waals surface area contributed by atoms with E-state index in [0.29, 0.717) is 19.5 Å². The van der Waals surface area contributed by atoms with Crippen LogP contribution in [0.3, 0.4) is 0 Å². The molecule has 3 rings (SSSR count). The van der Waals surface area contributed by atoms with Gasteiger partial charge in [-0.05, 0) is 26.2 Å². The Morgan fingerprint density at radius 2 is 2.21 bits per heavy atom. The minimum absolute atomic E-state index is 0.0735. The van der Waals surface area contributed by atoms with Gasteiger partial charge in [0.25, 0.3) is 0 Å². The van der Waals surface area contributed by atoms with Crippen molar-refractivity contribution < 1.29 is 13.2 Å². The molecule has 0 aromatic carbocycles. The van der Waals surface area contributed by atoms with Gasteiger partial charge in [0.15, 0.2) is 15.0 Å². The fourth-order valence-electron chi connectivity index (χ4n) is 3.29. The maximum atomic E-state index is 12.4. The number of amides is 2. The number of aromatic nitrogens is 1. The molecule has 7 nitrogen and oxygen atoms in total. The molecule has 134 valence electrons. The van der Waals surface area contributed by atoms with E-state index < -0.39 is 9.84 Å². The summed E-state index contributed by atoms with van der Waals surface area (Å²) in [6.45, 7) is 4.86. The molecular weight excluding hydrogens is 348 g/mol. The Hall–Kier alpha value is -1.35. The molecule has 24 heavy (non-hydrogen) atoms. The lowest BCUT2D eigenvalue weighted by atomic mass is 10.2. The van der Waals surface area contributed by atoms with Crippen LogP contribution in [0.2, 0.25) is 0 Å². The molecule has 9 heteroatoms. The lowest BCUT2D eigenvalue weighted by Gasteiger charge is -2.26. The van der Waals surface area contributed by atoms with Crippen LogP contribution in [0.4, 0.5) is 9.93 Å². The van der Waals surface area contributed by atoms with Gasteiger partial charge in [-0.3, -0.25) is 0 Å². The molecule has 1 aromatic rings. The number of anilines is 1. The average molecular weight is 373 g/mol. The molecule has 3 heterocycles. The molecule has 0 unspecified atom stereocenters. The van der Waals surface area contributed by atoms with Crippen molar-refractivity contribution in [3.8, 4) is 0 Å². The van der Waals surface area contributed by atoms with Crippen molar-refractivity contribution in [2.24, 2.45) is 0 Å². The number of hydrogen-bond acceptors (Lipinski definition) is 6. The highest BCUT2D eigenvalue weighted by atomic mass is 32.2. The molecule has 1 N–H and O–H groups in total. The number of nitrogens with one attached hydrogen (secondary N) is 1. The number of sulfone groups is 1. The van der Waals surface area contributed by atoms with Gasteiger partial charge < -0.3 is 15.1 Å². The second kappa shape index (κ2) is 7.26. The summed E-state index contributed by atoms with van der Waals surface area (Å²) in [6.07, 6.45) is 2.95. The van der Waals surface area contributed by atoms with E-state index in [1.165, 1.54) is 12.8 Å². The van der Waals surface area contributed by atoms with E-state index in [0.717, 1.165) is 23.9 Å². The number of carbonyl (C=O) groups is 1. The zero-order chi connectivity index (χ0) is 17.2. The molecule has 1 atom stereocenters. The van der Waals surface area contributed by atoms with E-state index in [2.05, 4.69) is 15.2 Å². The molecule has 0 spiro atoms. The SMILES string of the molecule is CCN(C(=O)NCc1csc(N2CCCC2)n1)[C@H]1CCS(=O)(=O)C1. The van der Waals surface area contributed by atoms with Crippen molar-refractivity contribution in [1.82, 2.24) is 15.2 Å². The van der Waals surface area contributed by atoms with Crippen molar-refractivity contribution in [2.75, 3.05) is 36.0 Å². The van der Waals surface area contributed by atoms with E-state index in [4.69, 9.17) is 0 Å². The predicted octanol–water partition coefficient (Wildman–Crippen LogP) is 1.46. The normalized spacial score (nSPS) is 22.7. The summed E-state index contributed by atoms with van der Waals surface area (Å²) in [4.78, 5) is 20.9. The second-order valence-corrected chi connectivity index (χ2v) is 9.38. The van der Waals surface area contributed by atoms with Gasteiger partial charge in [0.2, 0.25) is 0 Å². The van der Waals surface area contributed by atoms with Gasteiger partial charge in [-0.25, -0.2) is 18.2 Å². The van der Waals surface area contributed by atoms with E-state index in [9.17, 15) is 13.2 Å². The number of carbonyl (C=O) groups excluding carboxylic acids is 1. The van der Waals surface area contributed by atoms with Crippen LogP contribution in [0.25, 0.3) is 0 Å². The van der Waals surface area contributed by atoms with Gasteiger partial charge in [-0.15, -0.1) is 11.3 Å². The summed E-state index contributed by atoms with van der Waals surface area (Å²) < 4.78 is 23.2. The topological polar surface area (TPSA) is 82.6 Å². The molecule has 0 saturated carbocycles. The number of nitrogens with zero attached hydrogens (tertiary/aromatic N) is 3. The zero-order valence-corrected chi connectivity index (χ0v) is 15.5. The van der Waals surface area contributed by atoms with Crippen molar-refractivity contribution in [3.63, 3.8) is 0 Å². The van der Waals surface area contributed by atoms with Crippen molar-refractivity contribution in [2.45, 2.75) is 38.8 Å². The number of urea groups is 1.